The van der Waals surface area contributed by atoms with Gasteiger partial charge in [-0.25, -0.2) is 0 Å². The molecule has 0 saturated carbocycles. The van der Waals surface area contributed by atoms with Crippen molar-refractivity contribution in [3.8, 4) is 0 Å². The molecule has 1 heterocycles. The standard InChI is InChI=1S/C7H4ClF5N2O/c1-15-2-3(5(8)16)4(14-15)6(9,10)7(11,12)13/h2H,1H3. The van der Waals surface area contributed by atoms with Crippen LogP contribution in [0.4, 0.5) is 22.0 Å². The lowest BCUT2D eigenvalue weighted by molar-refractivity contribution is -0.291. The predicted molar refractivity (Wildman–Crippen MR) is 43.3 cm³/mol. The van der Waals surface area contributed by atoms with Crippen molar-refractivity contribution in [3.05, 3.63) is 17.5 Å². The van der Waals surface area contributed by atoms with Gasteiger partial charge < -0.3 is 0 Å². The molecule has 0 aliphatic rings. The molecule has 0 N–H and O–H groups in total. The number of rotatable bonds is 2. The van der Waals surface area contributed by atoms with Crippen molar-refractivity contribution < 1.29 is 26.7 Å². The van der Waals surface area contributed by atoms with Crippen LogP contribution in [-0.2, 0) is 13.0 Å². The highest BCUT2D eigenvalue weighted by Crippen LogP contribution is 2.44. The Labute approximate surface area is 90.8 Å². The minimum absolute atomic E-state index is 0.657. The number of aromatic nitrogens is 2. The molecule has 0 aliphatic heterocycles. The third-order valence-corrected chi connectivity index (χ3v) is 1.90. The summed E-state index contributed by atoms with van der Waals surface area (Å²) in [6.07, 6.45) is -5.13. The number of hydrogen-bond donors (Lipinski definition) is 0. The topological polar surface area (TPSA) is 34.9 Å². The summed E-state index contributed by atoms with van der Waals surface area (Å²) in [5, 5.41) is 1.49. The molecule has 16 heavy (non-hydrogen) atoms. The lowest BCUT2D eigenvalue weighted by Gasteiger charge is -2.17. The number of hydrogen-bond acceptors (Lipinski definition) is 2. The summed E-state index contributed by atoms with van der Waals surface area (Å²) in [6.45, 7) is 0. The number of nitrogens with zero attached hydrogens (tertiary/aromatic N) is 2. The number of aryl methyl sites for hydroxylation is 1. The highest BCUT2D eigenvalue weighted by molar-refractivity contribution is 6.67. The molecular weight excluding hydrogens is 259 g/mol. The first-order valence-corrected chi connectivity index (χ1v) is 4.13. The van der Waals surface area contributed by atoms with E-state index < -0.39 is 28.6 Å². The van der Waals surface area contributed by atoms with E-state index in [1.165, 1.54) is 0 Å². The first kappa shape index (κ1) is 12.9. The Morgan fingerprint density at radius 1 is 1.38 bits per heavy atom. The molecule has 0 bridgehead atoms. The SMILES string of the molecule is Cn1cc(C(=O)Cl)c(C(F)(F)C(F)(F)F)n1. The largest absolute Gasteiger partial charge is 0.459 e. The molecule has 0 spiro atoms. The molecule has 0 radical (unpaired) electrons. The zero-order valence-electron chi connectivity index (χ0n) is 7.65. The van der Waals surface area contributed by atoms with Crippen LogP contribution in [0.5, 0.6) is 0 Å². The van der Waals surface area contributed by atoms with Gasteiger partial charge in [-0.15, -0.1) is 0 Å². The molecule has 3 nitrogen and oxygen atoms in total. The second-order valence-electron chi connectivity index (χ2n) is 2.91. The zero-order chi connectivity index (χ0) is 12.7. The molecule has 9 heteroatoms. The summed E-state index contributed by atoms with van der Waals surface area (Å²) < 4.78 is 62.5. The van der Waals surface area contributed by atoms with Crippen LogP contribution < -0.4 is 0 Å². The summed E-state index contributed by atoms with van der Waals surface area (Å²) in [4.78, 5) is 10.7. The smallest absolute Gasteiger partial charge is 0.275 e. The van der Waals surface area contributed by atoms with Crippen LogP contribution in [0, 0.1) is 0 Å². The van der Waals surface area contributed by atoms with Gasteiger partial charge >= 0.3 is 12.1 Å². The van der Waals surface area contributed by atoms with Crippen LogP contribution in [0.15, 0.2) is 6.20 Å². The van der Waals surface area contributed by atoms with Gasteiger partial charge in [-0.2, -0.15) is 27.1 Å². The Balaban J connectivity index is 3.38. The van der Waals surface area contributed by atoms with E-state index in [2.05, 4.69) is 5.10 Å². The monoisotopic (exact) mass is 262 g/mol. The third-order valence-electron chi connectivity index (χ3n) is 1.69. The van der Waals surface area contributed by atoms with Crippen LogP contribution in [0.3, 0.4) is 0 Å². The second kappa shape index (κ2) is 3.69. The van der Waals surface area contributed by atoms with Crippen LogP contribution in [0.2, 0.25) is 0 Å². The number of halogens is 6. The molecule has 0 aliphatic carbocycles. The number of alkyl halides is 5. The van der Waals surface area contributed by atoms with Crippen LogP contribution in [-0.4, -0.2) is 21.2 Å². The maximum absolute atomic E-state index is 12.9. The van der Waals surface area contributed by atoms with E-state index in [4.69, 9.17) is 11.6 Å². The normalized spacial score (nSPS) is 12.9. The zero-order valence-corrected chi connectivity index (χ0v) is 8.40. The molecule has 1 aromatic heterocycles. The van der Waals surface area contributed by atoms with Gasteiger partial charge in [-0.05, 0) is 11.6 Å². The molecule has 90 valence electrons. The van der Waals surface area contributed by atoms with Crippen molar-refractivity contribution in [2.24, 2.45) is 7.05 Å². The Kier molecular flexibility index (Phi) is 2.97. The fourth-order valence-corrected chi connectivity index (χ4v) is 1.14. The molecular formula is C7H4ClF5N2O. The fraction of sp³-hybridized carbons (Fsp3) is 0.429. The molecule has 0 atom stereocenters. The molecule has 1 rings (SSSR count). The lowest BCUT2D eigenvalue weighted by atomic mass is 10.1. The first-order chi connectivity index (χ1) is 7.07. The van der Waals surface area contributed by atoms with Gasteiger partial charge in [0.15, 0.2) is 5.69 Å². The molecule has 1 aromatic rings. The van der Waals surface area contributed by atoms with E-state index in [1.807, 2.05) is 0 Å². The van der Waals surface area contributed by atoms with Gasteiger partial charge in [-0.1, -0.05) is 0 Å². The van der Waals surface area contributed by atoms with Crippen molar-refractivity contribution in [2.75, 3.05) is 0 Å². The van der Waals surface area contributed by atoms with Crippen LogP contribution in [0.1, 0.15) is 16.1 Å². The van der Waals surface area contributed by atoms with Crippen LogP contribution in [0.25, 0.3) is 0 Å². The Morgan fingerprint density at radius 3 is 2.25 bits per heavy atom. The van der Waals surface area contributed by atoms with Gasteiger partial charge in [0, 0.05) is 13.2 Å². The average molecular weight is 263 g/mol. The molecule has 0 unspecified atom stereocenters. The van der Waals surface area contributed by atoms with Crippen molar-refractivity contribution >= 4 is 16.8 Å². The number of carbonyl (C=O) groups is 1. The van der Waals surface area contributed by atoms with E-state index in [9.17, 15) is 26.7 Å². The molecule has 0 fully saturated rings. The van der Waals surface area contributed by atoms with Gasteiger partial charge in [0.2, 0.25) is 0 Å². The fourth-order valence-electron chi connectivity index (χ4n) is 0.998. The Morgan fingerprint density at radius 2 is 1.88 bits per heavy atom. The highest BCUT2D eigenvalue weighted by Gasteiger charge is 2.61. The van der Waals surface area contributed by atoms with E-state index in [0.29, 0.717) is 10.9 Å². The Bertz CT molecular complexity index is 425. The van der Waals surface area contributed by atoms with E-state index >= 15 is 0 Å². The quantitative estimate of drug-likeness (QED) is 0.606. The van der Waals surface area contributed by atoms with Gasteiger partial charge in [0.05, 0.1) is 5.56 Å². The maximum Gasteiger partial charge on any atom is 0.459 e. The summed E-state index contributed by atoms with van der Waals surface area (Å²) in [5.74, 6) is -5.21. The van der Waals surface area contributed by atoms with Gasteiger partial charge in [-0.3, -0.25) is 9.48 Å². The highest BCUT2D eigenvalue weighted by atomic mass is 35.5. The molecule has 0 amide bonds. The third kappa shape index (κ3) is 2.01. The Hall–Kier alpha value is -1.18. The molecule has 0 aromatic carbocycles. The minimum atomic E-state index is -5.83. The van der Waals surface area contributed by atoms with Crippen molar-refractivity contribution in [1.82, 2.24) is 9.78 Å². The second-order valence-corrected chi connectivity index (χ2v) is 3.25. The van der Waals surface area contributed by atoms with Crippen LogP contribution >= 0.6 is 11.6 Å². The van der Waals surface area contributed by atoms with Gasteiger partial charge in [0.1, 0.15) is 0 Å². The van der Waals surface area contributed by atoms with E-state index in [-0.39, 0.29) is 0 Å². The summed E-state index contributed by atoms with van der Waals surface area (Å²) >= 11 is 4.88. The van der Waals surface area contributed by atoms with Crippen molar-refractivity contribution in [1.29, 1.82) is 0 Å². The summed E-state index contributed by atoms with van der Waals surface area (Å²) in [7, 11) is 1.10. The summed E-state index contributed by atoms with van der Waals surface area (Å²) in [6, 6.07) is 0. The van der Waals surface area contributed by atoms with Crippen molar-refractivity contribution in [3.63, 3.8) is 0 Å². The average Bonchev–Trinajstić information content (AvgIpc) is 2.45. The summed E-state index contributed by atoms with van der Waals surface area (Å²) in [5.41, 5.74) is -2.66. The predicted octanol–water partition coefficient (Wildman–Crippen LogP) is 2.45. The number of carbonyl (C=O) groups excluding carboxylic acids is 1. The lowest BCUT2D eigenvalue weighted by Crippen LogP contribution is -2.35. The minimum Gasteiger partial charge on any atom is -0.275 e. The van der Waals surface area contributed by atoms with Crippen molar-refractivity contribution in [2.45, 2.75) is 12.1 Å². The van der Waals surface area contributed by atoms with E-state index in [1.54, 1.807) is 0 Å². The molecule has 0 saturated heterocycles. The first-order valence-electron chi connectivity index (χ1n) is 3.76. The van der Waals surface area contributed by atoms with Gasteiger partial charge in [0.25, 0.3) is 5.24 Å². The maximum atomic E-state index is 12.9. The van der Waals surface area contributed by atoms with E-state index in [0.717, 1.165) is 7.05 Å².